The zero-order valence-electron chi connectivity index (χ0n) is 15.8. The van der Waals surface area contributed by atoms with Gasteiger partial charge in [-0.1, -0.05) is 18.2 Å². The summed E-state index contributed by atoms with van der Waals surface area (Å²) in [6.45, 7) is 2.35. The fourth-order valence-corrected chi connectivity index (χ4v) is 5.56. The molecule has 142 valence electrons. The standard InChI is InChI=1S/C21H25N3O3/c1-23(2)10-15-16-11-24(12-21(16)8-7-18(15)27-21)20(26)14-9-19(25)22-17-6-4-3-5-13(14)17/h3-6,9,15-16,18H,7-8,10-12H2,1-2H3,(H,22,25)/t15-,16+,18+,21+/m1/s1. The Morgan fingerprint density at radius 2 is 2.19 bits per heavy atom. The number of aromatic nitrogens is 1. The quantitative estimate of drug-likeness (QED) is 0.897. The molecule has 27 heavy (non-hydrogen) atoms. The maximum atomic E-state index is 13.4. The summed E-state index contributed by atoms with van der Waals surface area (Å²) < 4.78 is 6.44. The highest BCUT2D eigenvalue weighted by Gasteiger charge is 2.63. The van der Waals surface area contributed by atoms with Crippen molar-refractivity contribution in [3.8, 4) is 0 Å². The number of carbonyl (C=O) groups is 1. The van der Waals surface area contributed by atoms with Gasteiger partial charge in [0.1, 0.15) is 0 Å². The fraction of sp³-hybridized carbons (Fsp3) is 0.524. The van der Waals surface area contributed by atoms with Gasteiger partial charge in [-0.25, -0.2) is 0 Å². The Labute approximate surface area is 158 Å². The first-order chi connectivity index (χ1) is 13.0. The van der Waals surface area contributed by atoms with E-state index in [4.69, 9.17) is 4.74 Å². The second-order valence-electron chi connectivity index (χ2n) is 8.57. The van der Waals surface area contributed by atoms with Crippen molar-refractivity contribution in [2.24, 2.45) is 11.8 Å². The number of rotatable bonds is 3. The Morgan fingerprint density at radius 3 is 3.00 bits per heavy atom. The number of amides is 1. The predicted octanol–water partition coefficient (Wildman–Crippen LogP) is 1.71. The number of para-hydroxylation sites is 1. The molecule has 1 amide bonds. The maximum absolute atomic E-state index is 13.4. The van der Waals surface area contributed by atoms with Crippen molar-refractivity contribution in [2.75, 3.05) is 33.7 Å². The average Bonchev–Trinajstić information content (AvgIpc) is 3.29. The highest BCUT2D eigenvalue weighted by molar-refractivity contribution is 6.06. The first-order valence-electron chi connectivity index (χ1n) is 9.71. The van der Waals surface area contributed by atoms with E-state index in [1.165, 1.54) is 6.07 Å². The first-order valence-corrected chi connectivity index (χ1v) is 9.71. The molecule has 3 fully saturated rings. The van der Waals surface area contributed by atoms with Crippen molar-refractivity contribution < 1.29 is 9.53 Å². The summed E-state index contributed by atoms with van der Waals surface area (Å²) in [6, 6.07) is 8.93. The monoisotopic (exact) mass is 367 g/mol. The number of aromatic amines is 1. The van der Waals surface area contributed by atoms with Gasteiger partial charge in [0.15, 0.2) is 0 Å². The van der Waals surface area contributed by atoms with Crippen molar-refractivity contribution in [3.63, 3.8) is 0 Å². The number of nitrogens with zero attached hydrogens (tertiary/aromatic N) is 2. The highest BCUT2D eigenvalue weighted by atomic mass is 16.5. The molecule has 0 radical (unpaired) electrons. The van der Waals surface area contributed by atoms with E-state index < -0.39 is 0 Å². The molecule has 6 heteroatoms. The first kappa shape index (κ1) is 17.0. The Morgan fingerprint density at radius 1 is 1.37 bits per heavy atom. The van der Waals surface area contributed by atoms with Crippen molar-refractivity contribution in [1.82, 2.24) is 14.8 Å². The molecule has 1 spiro atoms. The van der Waals surface area contributed by atoms with E-state index >= 15 is 0 Å². The number of pyridine rings is 1. The van der Waals surface area contributed by atoms with Crippen LogP contribution in [0.3, 0.4) is 0 Å². The van der Waals surface area contributed by atoms with Crippen molar-refractivity contribution >= 4 is 16.8 Å². The molecule has 1 aromatic heterocycles. The van der Waals surface area contributed by atoms with E-state index in [2.05, 4.69) is 24.0 Å². The molecule has 5 rings (SSSR count). The molecular weight excluding hydrogens is 342 g/mol. The molecule has 4 atom stereocenters. The maximum Gasteiger partial charge on any atom is 0.254 e. The number of benzene rings is 1. The summed E-state index contributed by atoms with van der Waals surface area (Å²) in [5.74, 6) is 0.801. The lowest BCUT2D eigenvalue weighted by Crippen LogP contribution is -2.40. The van der Waals surface area contributed by atoms with Gasteiger partial charge in [-0.05, 0) is 33.0 Å². The van der Waals surface area contributed by atoms with Gasteiger partial charge in [-0.3, -0.25) is 9.59 Å². The second kappa shape index (κ2) is 5.91. The summed E-state index contributed by atoms with van der Waals surface area (Å²) in [4.78, 5) is 32.4. The summed E-state index contributed by atoms with van der Waals surface area (Å²) in [7, 11) is 4.19. The number of likely N-dealkylation sites (tertiary alicyclic amines) is 1. The van der Waals surface area contributed by atoms with E-state index in [1.807, 2.05) is 29.2 Å². The third kappa shape index (κ3) is 2.54. The summed E-state index contributed by atoms with van der Waals surface area (Å²) in [5.41, 5.74) is 0.771. The molecule has 3 aliphatic rings. The van der Waals surface area contributed by atoms with Crippen LogP contribution in [-0.2, 0) is 4.74 Å². The summed E-state index contributed by atoms with van der Waals surface area (Å²) in [6.07, 6.45) is 2.45. The second-order valence-corrected chi connectivity index (χ2v) is 8.57. The van der Waals surface area contributed by atoms with Gasteiger partial charge in [-0.15, -0.1) is 0 Å². The van der Waals surface area contributed by atoms with E-state index in [1.54, 1.807) is 0 Å². The minimum absolute atomic E-state index is 0.0586. The lowest BCUT2D eigenvalue weighted by atomic mass is 9.73. The third-order valence-corrected chi connectivity index (χ3v) is 6.63. The molecule has 2 bridgehead atoms. The van der Waals surface area contributed by atoms with E-state index in [0.29, 0.717) is 35.6 Å². The molecule has 0 unspecified atom stereocenters. The number of hydrogen-bond acceptors (Lipinski definition) is 4. The van der Waals surface area contributed by atoms with Gasteiger partial charge >= 0.3 is 0 Å². The molecule has 0 saturated carbocycles. The van der Waals surface area contributed by atoms with Crippen LogP contribution in [0.15, 0.2) is 35.1 Å². The molecular formula is C21H25N3O3. The fourth-order valence-electron chi connectivity index (χ4n) is 5.56. The molecule has 0 aliphatic carbocycles. The van der Waals surface area contributed by atoms with E-state index in [0.717, 1.165) is 31.3 Å². The number of fused-ring (bicyclic) bond motifs is 2. The third-order valence-electron chi connectivity index (χ3n) is 6.63. The van der Waals surface area contributed by atoms with Crippen LogP contribution >= 0.6 is 0 Å². The Balaban J connectivity index is 1.48. The zero-order valence-corrected chi connectivity index (χ0v) is 15.8. The minimum Gasteiger partial charge on any atom is -0.369 e. The topological polar surface area (TPSA) is 65.6 Å². The van der Waals surface area contributed by atoms with Gasteiger partial charge < -0.3 is 19.5 Å². The van der Waals surface area contributed by atoms with Crippen LogP contribution in [0.25, 0.3) is 10.9 Å². The van der Waals surface area contributed by atoms with Crippen LogP contribution in [0, 0.1) is 11.8 Å². The lowest BCUT2D eigenvalue weighted by Gasteiger charge is -2.30. The normalized spacial score (nSPS) is 31.8. The smallest absolute Gasteiger partial charge is 0.254 e. The average molecular weight is 367 g/mol. The highest BCUT2D eigenvalue weighted by Crippen LogP contribution is 2.55. The van der Waals surface area contributed by atoms with Crippen LogP contribution < -0.4 is 5.56 Å². The predicted molar refractivity (Wildman–Crippen MR) is 103 cm³/mol. The summed E-state index contributed by atoms with van der Waals surface area (Å²) in [5, 5.41) is 0.798. The molecule has 6 nitrogen and oxygen atoms in total. The molecule has 1 aromatic carbocycles. The van der Waals surface area contributed by atoms with Crippen LogP contribution in [0.2, 0.25) is 0 Å². The van der Waals surface area contributed by atoms with Gasteiger partial charge in [0.25, 0.3) is 5.91 Å². The number of ether oxygens (including phenoxy) is 1. The van der Waals surface area contributed by atoms with Crippen molar-refractivity contribution in [3.05, 3.63) is 46.2 Å². The molecule has 2 aromatic rings. The van der Waals surface area contributed by atoms with Gasteiger partial charge in [0, 0.05) is 41.9 Å². The molecule has 3 saturated heterocycles. The molecule has 1 N–H and O–H groups in total. The zero-order chi connectivity index (χ0) is 18.8. The van der Waals surface area contributed by atoms with Gasteiger partial charge in [0.05, 0.1) is 23.8 Å². The van der Waals surface area contributed by atoms with Crippen LogP contribution in [0.4, 0.5) is 0 Å². The van der Waals surface area contributed by atoms with Crippen LogP contribution in [-0.4, -0.2) is 66.1 Å². The van der Waals surface area contributed by atoms with Crippen LogP contribution in [0.1, 0.15) is 23.2 Å². The van der Waals surface area contributed by atoms with E-state index in [-0.39, 0.29) is 17.1 Å². The number of hydrogen-bond donors (Lipinski definition) is 1. The number of carbonyl (C=O) groups excluding carboxylic acids is 1. The van der Waals surface area contributed by atoms with Gasteiger partial charge in [0.2, 0.25) is 5.56 Å². The van der Waals surface area contributed by atoms with E-state index in [9.17, 15) is 9.59 Å². The molecule has 3 aliphatic heterocycles. The van der Waals surface area contributed by atoms with Crippen molar-refractivity contribution in [1.29, 1.82) is 0 Å². The number of nitrogens with one attached hydrogen (secondary N) is 1. The summed E-state index contributed by atoms with van der Waals surface area (Å²) >= 11 is 0. The number of H-pyrrole nitrogens is 1. The van der Waals surface area contributed by atoms with Gasteiger partial charge in [-0.2, -0.15) is 0 Å². The minimum atomic E-state index is -0.239. The molecule has 4 heterocycles. The largest absolute Gasteiger partial charge is 0.369 e. The Hall–Kier alpha value is -2.18. The Bertz CT molecular complexity index is 969. The van der Waals surface area contributed by atoms with Crippen LogP contribution in [0.5, 0.6) is 0 Å². The van der Waals surface area contributed by atoms with Crippen molar-refractivity contribution in [2.45, 2.75) is 24.5 Å². The lowest BCUT2D eigenvalue weighted by molar-refractivity contribution is 0.00258. The SMILES string of the molecule is CN(C)C[C@H]1[C@@H]2CC[C@@]3(CN(C(=O)c4cc(=O)[nH]c5ccccc45)C[C@@H]13)O2. The Kier molecular flexibility index (Phi) is 3.71.